The Morgan fingerprint density at radius 3 is 2.81 bits per heavy atom. The molecule has 0 spiro atoms. The van der Waals surface area contributed by atoms with Crippen molar-refractivity contribution in [1.82, 2.24) is 14.9 Å². The number of nitrogens with one attached hydrogen (secondary N) is 3. The lowest BCUT2D eigenvalue weighted by Gasteiger charge is -2.13. The minimum Gasteiger partial charge on any atom is -0.388 e. The lowest BCUT2D eigenvalue weighted by Crippen LogP contribution is -2.16. The fourth-order valence-electron chi connectivity index (χ4n) is 2.70. The summed E-state index contributed by atoms with van der Waals surface area (Å²) in [6, 6.07) is 6.24. The predicted molar refractivity (Wildman–Crippen MR) is 110 cm³/mol. The first-order valence-corrected chi connectivity index (χ1v) is 8.92. The number of carbonyl (C=O) groups excluding carboxylic acids is 1. The Labute approximate surface area is 155 Å². The fourth-order valence-corrected chi connectivity index (χ4v) is 2.70. The van der Waals surface area contributed by atoms with E-state index in [1.165, 1.54) is 0 Å². The largest absolute Gasteiger partial charge is 0.388 e. The van der Waals surface area contributed by atoms with Gasteiger partial charge in [-0.25, -0.2) is 4.98 Å². The minimum atomic E-state index is 0.399. The van der Waals surface area contributed by atoms with E-state index < -0.39 is 0 Å². The number of aromatic nitrogens is 2. The average Bonchev–Trinajstić information content (AvgIpc) is 2.99. The number of allylic oxidation sites excluding steroid dienone is 1. The SMILES string of the molecule is CNc1ccc(NCCCN(C)C)cc1-c1nc(/C=C\CC=O)c(C)[nH]1. The Balaban J connectivity index is 2.20. The molecule has 0 bridgehead atoms. The molecule has 0 unspecified atom stereocenters. The van der Waals surface area contributed by atoms with E-state index in [-0.39, 0.29) is 0 Å². The first kappa shape index (κ1) is 19.7. The van der Waals surface area contributed by atoms with Crippen LogP contribution < -0.4 is 10.6 Å². The maximum Gasteiger partial charge on any atom is 0.140 e. The van der Waals surface area contributed by atoms with Crippen LogP contribution in [0.3, 0.4) is 0 Å². The molecule has 0 amide bonds. The quantitative estimate of drug-likeness (QED) is 0.450. The zero-order chi connectivity index (χ0) is 18.9. The number of anilines is 2. The van der Waals surface area contributed by atoms with E-state index >= 15 is 0 Å². The van der Waals surface area contributed by atoms with Crippen LogP contribution in [-0.2, 0) is 4.79 Å². The summed E-state index contributed by atoms with van der Waals surface area (Å²) in [5.41, 5.74) is 4.94. The van der Waals surface area contributed by atoms with Gasteiger partial charge in [-0.1, -0.05) is 6.08 Å². The van der Waals surface area contributed by atoms with Crippen molar-refractivity contribution in [3.63, 3.8) is 0 Å². The molecule has 1 heterocycles. The first-order chi connectivity index (χ1) is 12.5. The number of nitrogens with zero attached hydrogens (tertiary/aromatic N) is 2. The molecule has 0 aliphatic rings. The van der Waals surface area contributed by atoms with Crippen LogP contribution >= 0.6 is 0 Å². The van der Waals surface area contributed by atoms with E-state index in [1.54, 1.807) is 0 Å². The number of rotatable bonds is 10. The van der Waals surface area contributed by atoms with Crippen molar-refractivity contribution >= 4 is 23.7 Å². The third-order valence-electron chi connectivity index (χ3n) is 4.09. The van der Waals surface area contributed by atoms with Gasteiger partial charge in [-0.2, -0.15) is 0 Å². The molecular weight excluding hydrogens is 326 g/mol. The Bertz CT molecular complexity index is 749. The third-order valence-corrected chi connectivity index (χ3v) is 4.09. The molecule has 26 heavy (non-hydrogen) atoms. The molecule has 0 atom stereocenters. The minimum absolute atomic E-state index is 0.399. The molecule has 0 fully saturated rings. The zero-order valence-corrected chi connectivity index (χ0v) is 16.1. The monoisotopic (exact) mass is 355 g/mol. The maximum atomic E-state index is 10.5. The number of aldehydes is 1. The van der Waals surface area contributed by atoms with E-state index in [0.29, 0.717) is 6.42 Å². The second kappa shape index (κ2) is 9.77. The molecule has 3 N–H and O–H groups in total. The van der Waals surface area contributed by atoms with Gasteiger partial charge in [-0.05, 0) is 58.3 Å². The van der Waals surface area contributed by atoms with Gasteiger partial charge in [0.25, 0.3) is 0 Å². The summed E-state index contributed by atoms with van der Waals surface area (Å²) < 4.78 is 0. The zero-order valence-electron chi connectivity index (χ0n) is 16.1. The summed E-state index contributed by atoms with van der Waals surface area (Å²) in [5, 5.41) is 6.70. The lowest BCUT2D eigenvalue weighted by molar-refractivity contribution is -0.107. The Kier molecular flexibility index (Phi) is 7.41. The molecular formula is C20H29N5O. The Morgan fingerprint density at radius 2 is 2.12 bits per heavy atom. The van der Waals surface area contributed by atoms with E-state index in [1.807, 2.05) is 26.1 Å². The molecule has 2 rings (SSSR count). The van der Waals surface area contributed by atoms with Gasteiger partial charge in [0, 0.05) is 42.6 Å². The van der Waals surface area contributed by atoms with Crippen LogP contribution in [0.1, 0.15) is 24.2 Å². The van der Waals surface area contributed by atoms with Crippen LogP contribution in [0.4, 0.5) is 11.4 Å². The molecule has 1 aromatic carbocycles. The van der Waals surface area contributed by atoms with Gasteiger partial charge in [0.05, 0.1) is 5.69 Å². The van der Waals surface area contributed by atoms with Gasteiger partial charge in [0.1, 0.15) is 12.1 Å². The van der Waals surface area contributed by atoms with Crippen molar-refractivity contribution in [2.75, 3.05) is 44.9 Å². The van der Waals surface area contributed by atoms with Crippen molar-refractivity contribution in [2.45, 2.75) is 19.8 Å². The van der Waals surface area contributed by atoms with Gasteiger partial charge in [-0.3, -0.25) is 0 Å². The summed E-state index contributed by atoms with van der Waals surface area (Å²) >= 11 is 0. The molecule has 140 valence electrons. The number of imidazole rings is 1. The van der Waals surface area contributed by atoms with E-state index in [4.69, 9.17) is 0 Å². The normalized spacial score (nSPS) is 11.3. The molecule has 6 nitrogen and oxygen atoms in total. The number of H-pyrrole nitrogens is 1. The molecule has 0 saturated carbocycles. The van der Waals surface area contributed by atoms with Gasteiger partial charge in [-0.15, -0.1) is 0 Å². The molecule has 0 aliphatic heterocycles. The Hall–Kier alpha value is -2.60. The van der Waals surface area contributed by atoms with Gasteiger partial charge in [0.2, 0.25) is 0 Å². The number of aromatic amines is 1. The van der Waals surface area contributed by atoms with Crippen LogP contribution in [0.5, 0.6) is 0 Å². The number of aryl methyl sites for hydroxylation is 1. The summed E-state index contributed by atoms with van der Waals surface area (Å²) in [4.78, 5) is 20.7. The first-order valence-electron chi connectivity index (χ1n) is 8.92. The summed E-state index contributed by atoms with van der Waals surface area (Å²) in [6.45, 7) is 3.97. The fraction of sp³-hybridized carbons (Fsp3) is 0.400. The van der Waals surface area contributed by atoms with Crippen LogP contribution in [0.25, 0.3) is 17.5 Å². The number of carbonyl (C=O) groups is 1. The number of benzene rings is 1. The molecule has 0 aliphatic carbocycles. The third kappa shape index (κ3) is 5.46. The summed E-state index contributed by atoms with van der Waals surface area (Å²) in [5.74, 6) is 0.814. The molecule has 0 radical (unpaired) electrons. The predicted octanol–water partition coefficient (Wildman–Crippen LogP) is 3.39. The van der Waals surface area contributed by atoms with E-state index in [2.05, 4.69) is 57.8 Å². The summed E-state index contributed by atoms with van der Waals surface area (Å²) in [7, 11) is 6.07. The molecule has 1 aromatic heterocycles. The second-order valence-electron chi connectivity index (χ2n) is 6.49. The summed E-state index contributed by atoms with van der Waals surface area (Å²) in [6.07, 6.45) is 6.06. The van der Waals surface area contributed by atoms with E-state index in [9.17, 15) is 4.79 Å². The highest BCUT2D eigenvalue weighted by molar-refractivity contribution is 5.78. The topological polar surface area (TPSA) is 73.0 Å². The lowest BCUT2D eigenvalue weighted by atomic mass is 10.1. The van der Waals surface area contributed by atoms with Crippen molar-refractivity contribution in [1.29, 1.82) is 0 Å². The highest BCUT2D eigenvalue weighted by Crippen LogP contribution is 2.29. The van der Waals surface area contributed by atoms with Crippen molar-refractivity contribution < 1.29 is 4.79 Å². The standard InChI is InChI=1S/C20H29N5O/c1-15-18(8-5-6-13-26)24-20(23-15)17-14-16(9-10-19(17)21-2)22-11-7-12-25(3)4/h5,8-10,13-14,21-22H,6-7,11-12H2,1-4H3,(H,23,24)/b8-5-. The van der Waals surface area contributed by atoms with Crippen LogP contribution in [-0.4, -0.2) is 55.4 Å². The maximum absolute atomic E-state index is 10.5. The number of hydrogen-bond acceptors (Lipinski definition) is 5. The van der Waals surface area contributed by atoms with Gasteiger partial charge >= 0.3 is 0 Å². The van der Waals surface area contributed by atoms with Crippen LogP contribution in [0.15, 0.2) is 24.3 Å². The average molecular weight is 355 g/mol. The van der Waals surface area contributed by atoms with Crippen molar-refractivity contribution in [2.24, 2.45) is 0 Å². The van der Waals surface area contributed by atoms with Crippen molar-refractivity contribution in [3.8, 4) is 11.4 Å². The second-order valence-corrected chi connectivity index (χ2v) is 6.49. The molecule has 6 heteroatoms. The van der Waals surface area contributed by atoms with Gasteiger partial charge < -0.3 is 25.3 Å². The smallest absolute Gasteiger partial charge is 0.140 e. The van der Waals surface area contributed by atoms with Crippen LogP contribution in [0, 0.1) is 6.92 Å². The van der Waals surface area contributed by atoms with E-state index in [0.717, 1.165) is 59.9 Å². The molecule has 0 saturated heterocycles. The van der Waals surface area contributed by atoms with Crippen molar-refractivity contribution in [3.05, 3.63) is 35.7 Å². The highest BCUT2D eigenvalue weighted by Gasteiger charge is 2.11. The van der Waals surface area contributed by atoms with Gasteiger partial charge in [0.15, 0.2) is 0 Å². The Morgan fingerprint density at radius 1 is 1.31 bits per heavy atom. The highest BCUT2D eigenvalue weighted by atomic mass is 16.1. The van der Waals surface area contributed by atoms with Crippen LogP contribution in [0.2, 0.25) is 0 Å². The molecule has 2 aromatic rings. The number of hydrogen-bond donors (Lipinski definition) is 3.